The van der Waals surface area contributed by atoms with Crippen molar-refractivity contribution in [3.63, 3.8) is 0 Å². The summed E-state index contributed by atoms with van der Waals surface area (Å²) in [5, 5.41) is 4.03. The highest BCUT2D eigenvalue weighted by Gasteiger charge is 2.25. The number of hydrogen-bond acceptors (Lipinski definition) is 4. The van der Waals surface area contributed by atoms with Crippen LogP contribution in [0.2, 0.25) is 0 Å². The lowest BCUT2D eigenvalue weighted by Gasteiger charge is -2.00. The van der Waals surface area contributed by atoms with Crippen molar-refractivity contribution in [3.8, 4) is 0 Å². The first-order valence-electron chi connectivity index (χ1n) is 6.18. The molecule has 0 saturated carbocycles. The Morgan fingerprint density at radius 1 is 1.25 bits per heavy atom. The first-order valence-corrected chi connectivity index (χ1v) is 6.18. The third-order valence-electron chi connectivity index (χ3n) is 3.30. The Hall–Kier alpha value is -2.76. The summed E-state index contributed by atoms with van der Waals surface area (Å²) in [5.74, 6) is -0.239. The molecular weight excluding hydrogens is 254 g/mol. The lowest BCUT2D eigenvalue weighted by molar-refractivity contribution is -0.116. The molecule has 6 heteroatoms. The molecule has 6 nitrogen and oxygen atoms in total. The van der Waals surface area contributed by atoms with Crippen LogP contribution in [0.1, 0.15) is 22.5 Å². The molecule has 0 radical (unpaired) electrons. The summed E-state index contributed by atoms with van der Waals surface area (Å²) in [6.07, 6.45) is 8.43. The van der Waals surface area contributed by atoms with E-state index in [1.165, 1.54) is 0 Å². The van der Waals surface area contributed by atoms with Gasteiger partial charge in [-0.25, -0.2) is 5.43 Å². The summed E-state index contributed by atoms with van der Waals surface area (Å²) in [5.41, 5.74) is 7.17. The molecule has 2 aromatic rings. The van der Waals surface area contributed by atoms with Gasteiger partial charge in [0.1, 0.15) is 11.4 Å². The van der Waals surface area contributed by atoms with Crippen molar-refractivity contribution in [2.45, 2.75) is 13.8 Å². The summed E-state index contributed by atoms with van der Waals surface area (Å²) in [7, 11) is 0. The summed E-state index contributed by atoms with van der Waals surface area (Å²) in [6.45, 7) is 4.02. The van der Waals surface area contributed by atoms with Gasteiger partial charge in [0, 0.05) is 24.3 Å². The molecule has 0 aromatic carbocycles. The number of amides is 1. The fourth-order valence-electron chi connectivity index (χ4n) is 1.99. The number of aromatic amines is 1. The molecule has 100 valence electrons. The number of carbonyl (C=O) groups is 1. The van der Waals surface area contributed by atoms with E-state index < -0.39 is 0 Å². The number of aryl methyl sites for hydroxylation is 1. The fraction of sp³-hybridized carbons (Fsp3) is 0.143. The van der Waals surface area contributed by atoms with E-state index in [9.17, 15) is 4.79 Å². The molecule has 3 heterocycles. The largest absolute Gasteiger partial charge is 0.361 e. The Morgan fingerprint density at radius 3 is 2.75 bits per heavy atom. The van der Waals surface area contributed by atoms with Gasteiger partial charge < -0.3 is 4.98 Å². The molecule has 0 atom stereocenters. The molecule has 0 unspecified atom stereocenters. The normalized spacial score (nSPS) is 16.4. The number of hydrazone groups is 1. The minimum Gasteiger partial charge on any atom is -0.361 e. The third-order valence-corrected chi connectivity index (χ3v) is 3.30. The molecule has 1 aliphatic rings. The van der Waals surface area contributed by atoms with Gasteiger partial charge in [-0.2, -0.15) is 5.10 Å². The van der Waals surface area contributed by atoms with Crippen molar-refractivity contribution >= 4 is 17.7 Å². The molecule has 3 rings (SSSR count). The Morgan fingerprint density at radius 2 is 2.10 bits per heavy atom. The zero-order chi connectivity index (χ0) is 14.1. The number of hydrogen-bond donors (Lipinski definition) is 2. The number of aromatic nitrogens is 3. The van der Waals surface area contributed by atoms with Gasteiger partial charge in [-0.05, 0) is 31.1 Å². The van der Waals surface area contributed by atoms with Gasteiger partial charge >= 0.3 is 0 Å². The highest BCUT2D eigenvalue weighted by molar-refractivity contribution is 6.32. The minimum absolute atomic E-state index is 0.239. The van der Waals surface area contributed by atoms with Crippen molar-refractivity contribution in [2.75, 3.05) is 0 Å². The van der Waals surface area contributed by atoms with E-state index in [1.54, 1.807) is 24.7 Å². The summed E-state index contributed by atoms with van der Waals surface area (Å²) in [6, 6.07) is 0. The number of carbonyl (C=O) groups excluding carboxylic acids is 1. The Balaban J connectivity index is 2.05. The molecule has 2 N–H and O–H groups in total. The number of nitrogens with zero attached hydrogens (tertiary/aromatic N) is 3. The summed E-state index contributed by atoms with van der Waals surface area (Å²) >= 11 is 0. The van der Waals surface area contributed by atoms with Crippen molar-refractivity contribution in [1.29, 1.82) is 0 Å². The lowest BCUT2D eigenvalue weighted by Crippen LogP contribution is -2.14. The second-order valence-corrected chi connectivity index (χ2v) is 4.56. The quantitative estimate of drug-likeness (QED) is 0.805. The van der Waals surface area contributed by atoms with Gasteiger partial charge in [0.15, 0.2) is 0 Å². The van der Waals surface area contributed by atoms with Crippen LogP contribution in [0.5, 0.6) is 0 Å². The van der Waals surface area contributed by atoms with Crippen LogP contribution >= 0.6 is 0 Å². The Bertz CT molecular complexity index is 727. The molecule has 2 aromatic heterocycles. The van der Waals surface area contributed by atoms with Crippen molar-refractivity contribution in [2.24, 2.45) is 5.10 Å². The second kappa shape index (κ2) is 4.73. The maximum absolute atomic E-state index is 11.9. The van der Waals surface area contributed by atoms with Gasteiger partial charge in [0.25, 0.3) is 5.91 Å². The van der Waals surface area contributed by atoms with Crippen LogP contribution in [-0.2, 0) is 4.79 Å². The predicted molar refractivity (Wildman–Crippen MR) is 75.0 cm³/mol. The summed E-state index contributed by atoms with van der Waals surface area (Å²) < 4.78 is 0. The second-order valence-electron chi connectivity index (χ2n) is 4.56. The molecule has 0 spiro atoms. The molecule has 0 aliphatic carbocycles. The Labute approximate surface area is 115 Å². The monoisotopic (exact) mass is 267 g/mol. The zero-order valence-corrected chi connectivity index (χ0v) is 11.1. The van der Waals surface area contributed by atoms with Crippen LogP contribution in [0.25, 0.3) is 6.08 Å². The topological polar surface area (TPSA) is 83.0 Å². The predicted octanol–water partition coefficient (Wildman–Crippen LogP) is 1.34. The third kappa shape index (κ3) is 2.01. The number of nitrogens with one attached hydrogen (secondary N) is 2. The maximum Gasteiger partial charge on any atom is 0.273 e. The fourth-order valence-corrected chi connectivity index (χ4v) is 1.99. The van der Waals surface area contributed by atoms with Crippen molar-refractivity contribution in [1.82, 2.24) is 20.4 Å². The first-order chi connectivity index (χ1) is 9.66. The van der Waals surface area contributed by atoms with Crippen LogP contribution in [0, 0.1) is 13.8 Å². The summed E-state index contributed by atoms with van der Waals surface area (Å²) in [4.78, 5) is 23.2. The van der Waals surface area contributed by atoms with Gasteiger partial charge in [0.2, 0.25) is 0 Å². The van der Waals surface area contributed by atoms with E-state index >= 15 is 0 Å². The lowest BCUT2D eigenvalue weighted by atomic mass is 10.1. The molecule has 0 bridgehead atoms. The van der Waals surface area contributed by atoms with Crippen LogP contribution in [0.4, 0.5) is 0 Å². The van der Waals surface area contributed by atoms with Crippen molar-refractivity contribution < 1.29 is 4.79 Å². The van der Waals surface area contributed by atoms with Gasteiger partial charge in [-0.1, -0.05) is 0 Å². The minimum atomic E-state index is -0.239. The van der Waals surface area contributed by atoms with Gasteiger partial charge in [-0.15, -0.1) is 0 Å². The van der Waals surface area contributed by atoms with Crippen LogP contribution in [-0.4, -0.2) is 26.6 Å². The molecule has 20 heavy (non-hydrogen) atoms. The van der Waals surface area contributed by atoms with E-state index in [4.69, 9.17) is 0 Å². The molecule has 1 amide bonds. The SMILES string of the molecule is Cc1c[nH]c(C=C2C(=O)NN=C2c2cnccn2)c1C. The average Bonchev–Trinajstić information content (AvgIpc) is 2.98. The highest BCUT2D eigenvalue weighted by Crippen LogP contribution is 2.19. The average molecular weight is 267 g/mol. The van der Waals surface area contributed by atoms with Gasteiger partial charge in [-0.3, -0.25) is 14.8 Å². The number of rotatable bonds is 2. The molecule has 0 fully saturated rings. The Kier molecular flexibility index (Phi) is 2.90. The van der Waals surface area contributed by atoms with E-state index in [2.05, 4.69) is 25.5 Å². The van der Waals surface area contributed by atoms with E-state index in [0.717, 1.165) is 16.8 Å². The van der Waals surface area contributed by atoms with E-state index in [0.29, 0.717) is 17.0 Å². The van der Waals surface area contributed by atoms with Crippen LogP contribution in [0.15, 0.2) is 35.5 Å². The van der Waals surface area contributed by atoms with Crippen molar-refractivity contribution in [3.05, 3.63) is 52.9 Å². The van der Waals surface area contributed by atoms with E-state index in [-0.39, 0.29) is 5.91 Å². The molecular formula is C14H13N5O. The molecule has 0 saturated heterocycles. The highest BCUT2D eigenvalue weighted by atomic mass is 16.2. The van der Waals surface area contributed by atoms with Crippen LogP contribution < -0.4 is 5.43 Å². The number of H-pyrrole nitrogens is 1. The first kappa shape index (κ1) is 12.3. The van der Waals surface area contributed by atoms with Gasteiger partial charge in [0.05, 0.1) is 11.8 Å². The molecule has 1 aliphatic heterocycles. The maximum atomic E-state index is 11.9. The van der Waals surface area contributed by atoms with Crippen LogP contribution in [0.3, 0.4) is 0 Å². The zero-order valence-electron chi connectivity index (χ0n) is 11.1. The smallest absolute Gasteiger partial charge is 0.273 e. The van der Waals surface area contributed by atoms with E-state index in [1.807, 2.05) is 20.0 Å². The standard InChI is InChI=1S/C14H13N5O/c1-8-6-17-11(9(8)2)5-10-13(18-19-14(10)20)12-7-15-3-4-16-12/h3-7,17H,1-2H3,(H,19,20).